The van der Waals surface area contributed by atoms with E-state index in [9.17, 15) is 0 Å². The third-order valence-corrected chi connectivity index (χ3v) is 6.33. The van der Waals surface area contributed by atoms with Crippen LogP contribution in [0.3, 0.4) is 0 Å². The SMILES string of the molecule is CC(C)(O)O.CCOP(COCC1CCC(n2cnc3c(-c4ccccc4)ncnc32)O1)OCC. The molecule has 3 heterocycles. The normalized spacial score (nSPS) is 18.1. The molecule has 1 aliphatic heterocycles. The van der Waals surface area contributed by atoms with Crippen LogP contribution >= 0.6 is 8.38 Å². The highest BCUT2D eigenvalue weighted by molar-refractivity contribution is 7.47. The van der Waals surface area contributed by atoms with Crippen molar-refractivity contribution in [3.8, 4) is 11.3 Å². The summed E-state index contributed by atoms with van der Waals surface area (Å²) in [5.74, 6) is -1.50. The van der Waals surface area contributed by atoms with Crippen LogP contribution in [-0.2, 0) is 18.5 Å². The summed E-state index contributed by atoms with van der Waals surface area (Å²) < 4.78 is 25.2. The van der Waals surface area contributed by atoms with Gasteiger partial charge in [0, 0.05) is 5.56 Å². The predicted molar refractivity (Wildman–Crippen MR) is 133 cm³/mol. The Morgan fingerprint density at radius 1 is 1.06 bits per heavy atom. The number of fused-ring (bicyclic) bond motifs is 1. The van der Waals surface area contributed by atoms with Gasteiger partial charge in [0.25, 0.3) is 0 Å². The lowest BCUT2D eigenvalue weighted by molar-refractivity contribution is -0.127. The van der Waals surface area contributed by atoms with E-state index in [0.717, 1.165) is 35.3 Å². The predicted octanol–water partition coefficient (Wildman–Crippen LogP) is 4.24. The van der Waals surface area contributed by atoms with Crippen molar-refractivity contribution in [2.75, 3.05) is 26.2 Å². The Balaban J connectivity index is 0.000000623. The summed E-state index contributed by atoms with van der Waals surface area (Å²) >= 11 is 0. The first-order valence-corrected chi connectivity index (χ1v) is 13.1. The summed E-state index contributed by atoms with van der Waals surface area (Å²) in [6.07, 6.45) is 5.57. The molecular formula is C24H35N4O6P. The molecule has 2 atom stereocenters. The number of imidazole rings is 1. The Morgan fingerprint density at radius 2 is 1.74 bits per heavy atom. The van der Waals surface area contributed by atoms with Crippen LogP contribution in [0, 0.1) is 0 Å². The number of nitrogens with zero attached hydrogens (tertiary/aromatic N) is 4. The lowest BCUT2D eigenvalue weighted by Crippen LogP contribution is -2.17. The van der Waals surface area contributed by atoms with Crippen LogP contribution in [0.1, 0.15) is 46.8 Å². The molecule has 3 aromatic rings. The standard InChI is InChI=1S/C21H27N4O4P.C3H8O2/c1-3-27-30(28-4-2)15-26-12-17-10-11-18(29-17)25-14-24-20-19(22-13-23-21(20)25)16-8-6-5-7-9-16;1-3(2,4)5/h5-9,13-14,17-18H,3-4,10-12,15H2,1-2H3;4-5H,1-2H3. The van der Waals surface area contributed by atoms with Gasteiger partial charge < -0.3 is 28.7 Å². The van der Waals surface area contributed by atoms with Gasteiger partial charge in [-0.2, -0.15) is 0 Å². The molecule has 35 heavy (non-hydrogen) atoms. The molecule has 1 saturated heterocycles. The molecule has 2 unspecified atom stereocenters. The minimum Gasteiger partial charge on any atom is -0.369 e. The molecule has 192 valence electrons. The van der Waals surface area contributed by atoms with E-state index in [0.29, 0.717) is 26.2 Å². The Hall–Kier alpha value is -2.04. The highest BCUT2D eigenvalue weighted by Crippen LogP contribution is 2.38. The van der Waals surface area contributed by atoms with Crippen molar-refractivity contribution in [3.05, 3.63) is 43.0 Å². The molecule has 0 radical (unpaired) electrons. The molecule has 1 aliphatic rings. The smallest absolute Gasteiger partial charge is 0.198 e. The average Bonchev–Trinajstić information content (AvgIpc) is 3.45. The Labute approximate surface area is 207 Å². The fourth-order valence-corrected chi connectivity index (χ4v) is 4.60. The molecule has 0 aliphatic carbocycles. The maximum absolute atomic E-state index is 8.08. The first-order valence-electron chi connectivity index (χ1n) is 11.7. The summed E-state index contributed by atoms with van der Waals surface area (Å²) in [6, 6.07) is 10.0. The first-order chi connectivity index (χ1) is 16.8. The zero-order valence-electron chi connectivity index (χ0n) is 20.7. The van der Waals surface area contributed by atoms with E-state index in [4.69, 9.17) is 28.7 Å². The fraction of sp³-hybridized carbons (Fsp3) is 0.542. The molecular weight excluding hydrogens is 471 g/mol. The topological polar surface area (TPSA) is 121 Å². The van der Waals surface area contributed by atoms with Gasteiger partial charge in [-0.3, -0.25) is 4.57 Å². The largest absolute Gasteiger partial charge is 0.369 e. The van der Waals surface area contributed by atoms with E-state index in [1.165, 1.54) is 13.8 Å². The van der Waals surface area contributed by atoms with Gasteiger partial charge in [-0.1, -0.05) is 30.3 Å². The second-order valence-electron chi connectivity index (χ2n) is 8.37. The number of hydrogen-bond donors (Lipinski definition) is 2. The zero-order valence-corrected chi connectivity index (χ0v) is 21.6. The molecule has 1 aromatic carbocycles. The number of benzene rings is 1. The van der Waals surface area contributed by atoms with Crippen molar-refractivity contribution in [3.63, 3.8) is 0 Å². The van der Waals surface area contributed by atoms with Gasteiger partial charge in [0.1, 0.15) is 30.1 Å². The molecule has 2 N–H and O–H groups in total. The molecule has 0 spiro atoms. The van der Waals surface area contributed by atoms with Crippen LogP contribution in [-0.4, -0.2) is 67.8 Å². The van der Waals surface area contributed by atoms with Crippen molar-refractivity contribution in [2.45, 2.75) is 58.7 Å². The highest BCUT2D eigenvalue weighted by Gasteiger charge is 2.29. The van der Waals surface area contributed by atoms with Crippen LogP contribution in [0.5, 0.6) is 0 Å². The number of aromatic nitrogens is 4. The summed E-state index contributed by atoms with van der Waals surface area (Å²) in [6.45, 7) is 8.28. The molecule has 0 saturated carbocycles. The van der Waals surface area contributed by atoms with Crippen molar-refractivity contribution in [2.24, 2.45) is 0 Å². The Kier molecular flexibility index (Phi) is 10.5. The average molecular weight is 507 g/mol. The van der Waals surface area contributed by atoms with Crippen molar-refractivity contribution < 1.29 is 28.7 Å². The lowest BCUT2D eigenvalue weighted by atomic mass is 10.1. The molecule has 10 nitrogen and oxygen atoms in total. The van der Waals surface area contributed by atoms with Crippen LogP contribution in [0.15, 0.2) is 43.0 Å². The Bertz CT molecular complexity index is 1020. The van der Waals surface area contributed by atoms with E-state index in [2.05, 4.69) is 15.0 Å². The maximum atomic E-state index is 8.08. The summed E-state index contributed by atoms with van der Waals surface area (Å²) in [7, 11) is -0.988. The second kappa shape index (κ2) is 13.3. The Morgan fingerprint density at radius 3 is 2.40 bits per heavy atom. The molecule has 4 rings (SSSR count). The number of hydrogen-bond acceptors (Lipinski definition) is 9. The van der Waals surface area contributed by atoms with Gasteiger partial charge in [0.2, 0.25) is 0 Å². The fourth-order valence-electron chi connectivity index (χ4n) is 3.54. The molecule has 2 aromatic heterocycles. The van der Waals surface area contributed by atoms with Gasteiger partial charge in [-0.05, 0) is 40.5 Å². The highest BCUT2D eigenvalue weighted by atomic mass is 31.2. The molecule has 0 bridgehead atoms. The summed E-state index contributed by atoms with van der Waals surface area (Å²) in [4.78, 5) is 13.5. The van der Waals surface area contributed by atoms with Crippen molar-refractivity contribution >= 4 is 19.5 Å². The number of ether oxygens (including phenoxy) is 2. The van der Waals surface area contributed by atoms with Gasteiger partial charge in [-0.25, -0.2) is 15.0 Å². The van der Waals surface area contributed by atoms with Crippen LogP contribution in [0.2, 0.25) is 0 Å². The first kappa shape index (κ1) is 27.5. The van der Waals surface area contributed by atoms with Crippen molar-refractivity contribution in [1.82, 2.24) is 19.5 Å². The van der Waals surface area contributed by atoms with Crippen LogP contribution in [0.4, 0.5) is 0 Å². The van der Waals surface area contributed by atoms with Crippen LogP contribution < -0.4 is 0 Å². The van der Waals surface area contributed by atoms with Crippen LogP contribution in [0.25, 0.3) is 22.4 Å². The van der Waals surface area contributed by atoms with Gasteiger partial charge in [0.05, 0.1) is 32.3 Å². The third-order valence-electron chi connectivity index (χ3n) is 4.85. The van der Waals surface area contributed by atoms with E-state index in [1.54, 1.807) is 12.7 Å². The molecule has 11 heteroatoms. The second-order valence-corrected chi connectivity index (χ2v) is 9.81. The van der Waals surface area contributed by atoms with Crippen molar-refractivity contribution in [1.29, 1.82) is 0 Å². The van der Waals surface area contributed by atoms with E-state index >= 15 is 0 Å². The number of rotatable bonds is 10. The molecule has 0 amide bonds. The minimum absolute atomic E-state index is 0.0305. The zero-order chi connectivity index (χ0) is 25.3. The maximum Gasteiger partial charge on any atom is 0.198 e. The van der Waals surface area contributed by atoms with E-state index in [1.807, 2.05) is 48.7 Å². The van der Waals surface area contributed by atoms with Gasteiger partial charge in [0.15, 0.2) is 19.8 Å². The van der Waals surface area contributed by atoms with Gasteiger partial charge >= 0.3 is 0 Å². The third kappa shape index (κ3) is 8.54. The van der Waals surface area contributed by atoms with Gasteiger partial charge in [-0.15, -0.1) is 0 Å². The summed E-state index contributed by atoms with van der Waals surface area (Å²) in [5.41, 5.74) is 3.42. The monoisotopic (exact) mass is 506 g/mol. The van der Waals surface area contributed by atoms with E-state index < -0.39 is 14.2 Å². The quantitative estimate of drug-likeness (QED) is 0.307. The summed E-state index contributed by atoms with van der Waals surface area (Å²) in [5, 5.41) is 16.2. The number of aliphatic hydroxyl groups is 2. The van der Waals surface area contributed by atoms with E-state index in [-0.39, 0.29) is 12.3 Å². The minimum atomic E-state index is -1.50. The molecule has 1 fully saturated rings. The lowest BCUT2D eigenvalue weighted by Gasteiger charge is -2.18.